The molecule has 0 radical (unpaired) electrons. The molecule has 6 nitrogen and oxygen atoms in total. The fourth-order valence-electron chi connectivity index (χ4n) is 2.59. The van der Waals surface area contributed by atoms with Crippen molar-refractivity contribution in [2.75, 3.05) is 33.0 Å². The number of H-pyrrole nitrogens is 1. The lowest BCUT2D eigenvalue weighted by atomic mass is 10.2. The summed E-state index contributed by atoms with van der Waals surface area (Å²) in [6.07, 6.45) is 0.907. The van der Waals surface area contributed by atoms with E-state index in [0.717, 1.165) is 47.9 Å². The molecule has 2 aromatic rings. The summed E-state index contributed by atoms with van der Waals surface area (Å²) >= 11 is 0. The fourth-order valence-corrected chi connectivity index (χ4v) is 2.59. The molecule has 1 saturated heterocycles. The van der Waals surface area contributed by atoms with Gasteiger partial charge in [0, 0.05) is 25.1 Å². The molecule has 1 aromatic carbocycles. The van der Waals surface area contributed by atoms with Gasteiger partial charge in [-0.1, -0.05) is 0 Å². The van der Waals surface area contributed by atoms with Crippen LogP contribution in [0.4, 0.5) is 0 Å². The number of nitrogens with zero attached hydrogens (tertiary/aromatic N) is 1. The maximum atomic E-state index is 5.70. The van der Waals surface area contributed by atoms with Crippen LogP contribution in [0.3, 0.4) is 0 Å². The van der Waals surface area contributed by atoms with Crippen molar-refractivity contribution < 1.29 is 14.2 Å². The van der Waals surface area contributed by atoms with Crippen molar-refractivity contribution in [2.24, 2.45) is 0 Å². The number of ether oxygens (including phenoxy) is 3. The quantitative estimate of drug-likeness (QED) is 0.823. The Morgan fingerprint density at radius 1 is 1.10 bits per heavy atom. The average Bonchev–Trinajstić information content (AvgIpc) is 2.76. The monoisotopic (exact) mass is 275 g/mol. The predicted molar refractivity (Wildman–Crippen MR) is 73.3 cm³/mol. The van der Waals surface area contributed by atoms with Crippen LogP contribution in [0.5, 0.6) is 11.5 Å². The van der Waals surface area contributed by atoms with E-state index >= 15 is 0 Å². The van der Waals surface area contributed by atoms with Gasteiger partial charge in [0.15, 0.2) is 11.5 Å². The SMILES string of the molecule is c1c2c(cc3[nH]c(C4COCCN4)nc13)OCCCO2. The molecule has 0 amide bonds. The summed E-state index contributed by atoms with van der Waals surface area (Å²) in [4.78, 5) is 7.99. The molecular weight excluding hydrogens is 258 g/mol. The van der Waals surface area contributed by atoms with Gasteiger partial charge in [-0.05, 0) is 0 Å². The molecule has 1 fully saturated rings. The van der Waals surface area contributed by atoms with Gasteiger partial charge in [-0.25, -0.2) is 4.98 Å². The maximum Gasteiger partial charge on any atom is 0.163 e. The number of imidazole rings is 1. The van der Waals surface area contributed by atoms with Crippen molar-refractivity contribution >= 4 is 11.0 Å². The van der Waals surface area contributed by atoms with Crippen molar-refractivity contribution in [3.8, 4) is 11.5 Å². The van der Waals surface area contributed by atoms with E-state index in [1.54, 1.807) is 0 Å². The summed E-state index contributed by atoms with van der Waals surface area (Å²) in [6.45, 7) is 3.63. The van der Waals surface area contributed by atoms with Gasteiger partial charge in [0.1, 0.15) is 5.82 Å². The standard InChI is InChI=1S/C14H17N3O3/c1-3-19-12-6-9-10(7-13(12)20-4-1)17-14(16-9)11-8-18-5-2-15-11/h6-7,11,15H,1-5,8H2,(H,16,17). The van der Waals surface area contributed by atoms with E-state index in [-0.39, 0.29) is 6.04 Å². The summed E-state index contributed by atoms with van der Waals surface area (Å²) in [5.74, 6) is 2.47. The lowest BCUT2D eigenvalue weighted by molar-refractivity contribution is 0.0746. The van der Waals surface area contributed by atoms with Gasteiger partial charge in [-0.15, -0.1) is 0 Å². The highest BCUT2D eigenvalue weighted by molar-refractivity contribution is 5.80. The van der Waals surface area contributed by atoms with E-state index in [0.29, 0.717) is 19.8 Å². The van der Waals surface area contributed by atoms with Crippen LogP contribution >= 0.6 is 0 Å². The molecule has 20 heavy (non-hydrogen) atoms. The number of aromatic nitrogens is 2. The van der Waals surface area contributed by atoms with Crippen molar-refractivity contribution in [2.45, 2.75) is 12.5 Å². The Kier molecular flexibility index (Phi) is 2.97. The second-order valence-electron chi connectivity index (χ2n) is 5.07. The molecule has 6 heteroatoms. The van der Waals surface area contributed by atoms with E-state index in [1.165, 1.54) is 0 Å². The first-order valence-electron chi connectivity index (χ1n) is 7.00. The second kappa shape index (κ2) is 4.96. The summed E-state index contributed by atoms with van der Waals surface area (Å²) in [5.41, 5.74) is 1.87. The summed E-state index contributed by atoms with van der Waals surface area (Å²) in [5, 5.41) is 3.39. The third-order valence-electron chi connectivity index (χ3n) is 3.62. The third kappa shape index (κ3) is 2.10. The number of rotatable bonds is 1. The average molecular weight is 275 g/mol. The van der Waals surface area contributed by atoms with Crippen LogP contribution in [0.25, 0.3) is 11.0 Å². The Morgan fingerprint density at radius 2 is 1.95 bits per heavy atom. The number of aromatic amines is 1. The normalized spacial score (nSPS) is 22.7. The van der Waals surface area contributed by atoms with Crippen LogP contribution in [0.15, 0.2) is 12.1 Å². The molecular formula is C14H17N3O3. The van der Waals surface area contributed by atoms with E-state index in [1.807, 2.05) is 12.1 Å². The molecule has 2 N–H and O–H groups in total. The van der Waals surface area contributed by atoms with E-state index in [9.17, 15) is 0 Å². The van der Waals surface area contributed by atoms with Gasteiger partial charge in [0.2, 0.25) is 0 Å². The lowest BCUT2D eigenvalue weighted by Gasteiger charge is -2.21. The Hall–Kier alpha value is -1.79. The highest BCUT2D eigenvalue weighted by atomic mass is 16.5. The minimum absolute atomic E-state index is 0.123. The fraction of sp³-hybridized carbons (Fsp3) is 0.500. The number of benzene rings is 1. The molecule has 4 rings (SSSR count). The molecule has 0 saturated carbocycles. The van der Waals surface area contributed by atoms with Crippen molar-refractivity contribution in [1.29, 1.82) is 0 Å². The summed E-state index contributed by atoms with van der Waals surface area (Å²) in [6, 6.07) is 4.04. The molecule has 1 unspecified atom stereocenters. The zero-order chi connectivity index (χ0) is 13.4. The van der Waals surface area contributed by atoms with Crippen LogP contribution in [0.2, 0.25) is 0 Å². The molecule has 0 bridgehead atoms. The first-order chi connectivity index (χ1) is 9.90. The molecule has 0 spiro atoms. The number of fused-ring (bicyclic) bond motifs is 2. The van der Waals surface area contributed by atoms with Gasteiger partial charge in [-0.2, -0.15) is 0 Å². The van der Waals surface area contributed by atoms with Crippen molar-refractivity contribution in [3.63, 3.8) is 0 Å². The second-order valence-corrected chi connectivity index (χ2v) is 5.07. The van der Waals surface area contributed by atoms with Gasteiger partial charge in [0.05, 0.1) is 43.5 Å². The van der Waals surface area contributed by atoms with Crippen molar-refractivity contribution in [1.82, 2.24) is 15.3 Å². The molecule has 2 aliphatic rings. The Morgan fingerprint density at radius 3 is 2.75 bits per heavy atom. The lowest BCUT2D eigenvalue weighted by Crippen LogP contribution is -2.35. The number of hydrogen-bond donors (Lipinski definition) is 2. The smallest absolute Gasteiger partial charge is 0.163 e. The summed E-state index contributed by atoms with van der Waals surface area (Å²) in [7, 11) is 0. The third-order valence-corrected chi connectivity index (χ3v) is 3.62. The van der Waals surface area contributed by atoms with Gasteiger partial charge in [0.25, 0.3) is 0 Å². The number of hydrogen-bond acceptors (Lipinski definition) is 5. The van der Waals surface area contributed by atoms with Gasteiger partial charge >= 0.3 is 0 Å². The van der Waals surface area contributed by atoms with Crippen LogP contribution in [0.1, 0.15) is 18.3 Å². The molecule has 3 heterocycles. The van der Waals surface area contributed by atoms with Crippen LogP contribution in [-0.2, 0) is 4.74 Å². The predicted octanol–water partition coefficient (Wildman–Crippen LogP) is 1.39. The highest BCUT2D eigenvalue weighted by Gasteiger charge is 2.20. The van der Waals surface area contributed by atoms with Crippen LogP contribution in [-0.4, -0.2) is 42.9 Å². The molecule has 2 aliphatic heterocycles. The van der Waals surface area contributed by atoms with Gasteiger partial charge in [-0.3, -0.25) is 0 Å². The zero-order valence-corrected chi connectivity index (χ0v) is 11.1. The Balaban J connectivity index is 1.72. The minimum Gasteiger partial charge on any atom is -0.489 e. The van der Waals surface area contributed by atoms with Crippen LogP contribution < -0.4 is 14.8 Å². The van der Waals surface area contributed by atoms with E-state index in [2.05, 4.69) is 15.3 Å². The minimum atomic E-state index is 0.123. The maximum absolute atomic E-state index is 5.70. The van der Waals surface area contributed by atoms with E-state index < -0.39 is 0 Å². The van der Waals surface area contributed by atoms with Crippen LogP contribution in [0, 0.1) is 0 Å². The Labute approximate surface area is 116 Å². The Bertz CT molecular complexity index is 576. The first-order valence-corrected chi connectivity index (χ1v) is 7.00. The zero-order valence-electron chi connectivity index (χ0n) is 11.1. The first kappa shape index (κ1) is 12.0. The molecule has 1 aromatic heterocycles. The molecule has 1 atom stereocenters. The topological polar surface area (TPSA) is 68.4 Å². The summed E-state index contributed by atoms with van der Waals surface area (Å²) < 4.78 is 16.9. The number of nitrogens with one attached hydrogen (secondary N) is 2. The van der Waals surface area contributed by atoms with Gasteiger partial charge < -0.3 is 24.5 Å². The molecule has 0 aliphatic carbocycles. The largest absolute Gasteiger partial charge is 0.489 e. The molecule has 106 valence electrons. The van der Waals surface area contributed by atoms with Crippen molar-refractivity contribution in [3.05, 3.63) is 18.0 Å². The van der Waals surface area contributed by atoms with E-state index in [4.69, 9.17) is 14.2 Å². The number of morpholine rings is 1. The highest BCUT2D eigenvalue weighted by Crippen LogP contribution is 2.33.